The van der Waals surface area contributed by atoms with Gasteiger partial charge in [-0.1, -0.05) is 42.5 Å². The highest BCUT2D eigenvalue weighted by Gasteiger charge is 2.17. The third kappa shape index (κ3) is 2.76. The molecule has 0 aliphatic carbocycles. The standard InChI is InChI=1S/C16H16O3/c1-11(16(18)19-2)13-8-9-14(15(17)10-13)12-6-4-3-5-7-12/h3-11,17H,1-2H3/t11-/m0/s1. The first-order valence-corrected chi connectivity index (χ1v) is 6.09. The van der Waals surface area contributed by atoms with Crippen LogP contribution in [0, 0.1) is 0 Å². The van der Waals surface area contributed by atoms with Gasteiger partial charge in [0.15, 0.2) is 0 Å². The maximum atomic E-state index is 11.5. The molecule has 0 radical (unpaired) electrons. The van der Waals surface area contributed by atoms with E-state index in [0.717, 1.165) is 16.7 Å². The summed E-state index contributed by atoms with van der Waals surface area (Å²) in [5.41, 5.74) is 2.43. The molecular weight excluding hydrogens is 240 g/mol. The van der Waals surface area contributed by atoms with Gasteiger partial charge in [0.2, 0.25) is 0 Å². The largest absolute Gasteiger partial charge is 0.507 e. The third-order valence-corrected chi connectivity index (χ3v) is 3.16. The molecule has 0 heterocycles. The summed E-state index contributed by atoms with van der Waals surface area (Å²) in [6.07, 6.45) is 0. The van der Waals surface area contributed by atoms with Gasteiger partial charge in [-0.15, -0.1) is 0 Å². The fourth-order valence-corrected chi connectivity index (χ4v) is 1.99. The molecule has 3 heteroatoms. The molecule has 19 heavy (non-hydrogen) atoms. The van der Waals surface area contributed by atoms with Gasteiger partial charge in [-0.25, -0.2) is 0 Å². The van der Waals surface area contributed by atoms with Gasteiger partial charge in [-0.3, -0.25) is 4.79 Å². The van der Waals surface area contributed by atoms with Crippen LogP contribution in [0.4, 0.5) is 0 Å². The minimum Gasteiger partial charge on any atom is -0.507 e. The van der Waals surface area contributed by atoms with Crippen LogP contribution in [0.2, 0.25) is 0 Å². The Morgan fingerprint density at radius 2 is 1.84 bits per heavy atom. The van der Waals surface area contributed by atoms with Crippen molar-refractivity contribution in [2.75, 3.05) is 7.11 Å². The highest BCUT2D eigenvalue weighted by Crippen LogP contribution is 2.32. The van der Waals surface area contributed by atoms with Gasteiger partial charge in [0.1, 0.15) is 5.75 Å². The van der Waals surface area contributed by atoms with E-state index in [1.165, 1.54) is 7.11 Å². The monoisotopic (exact) mass is 256 g/mol. The van der Waals surface area contributed by atoms with Crippen LogP contribution in [0.1, 0.15) is 18.4 Å². The number of rotatable bonds is 3. The Hall–Kier alpha value is -2.29. The summed E-state index contributed by atoms with van der Waals surface area (Å²) < 4.78 is 4.70. The van der Waals surface area contributed by atoms with Crippen LogP contribution in [-0.4, -0.2) is 18.2 Å². The molecule has 0 aliphatic rings. The zero-order valence-electron chi connectivity index (χ0n) is 11.0. The maximum absolute atomic E-state index is 11.5. The van der Waals surface area contributed by atoms with Crippen molar-refractivity contribution in [3.05, 3.63) is 54.1 Å². The van der Waals surface area contributed by atoms with Crippen molar-refractivity contribution in [2.24, 2.45) is 0 Å². The Kier molecular flexibility index (Phi) is 3.85. The van der Waals surface area contributed by atoms with Gasteiger partial charge < -0.3 is 9.84 Å². The van der Waals surface area contributed by atoms with Gasteiger partial charge in [0, 0.05) is 5.56 Å². The average molecular weight is 256 g/mol. The Balaban J connectivity index is 2.35. The van der Waals surface area contributed by atoms with E-state index < -0.39 is 0 Å². The van der Waals surface area contributed by atoms with E-state index in [-0.39, 0.29) is 17.6 Å². The first-order chi connectivity index (χ1) is 9.13. The Morgan fingerprint density at radius 1 is 1.16 bits per heavy atom. The van der Waals surface area contributed by atoms with E-state index in [1.807, 2.05) is 42.5 Å². The summed E-state index contributed by atoms with van der Waals surface area (Å²) in [6.45, 7) is 1.75. The fourth-order valence-electron chi connectivity index (χ4n) is 1.99. The SMILES string of the molecule is COC(=O)[C@@H](C)c1ccc(-c2ccccc2)c(O)c1. The molecular formula is C16H16O3. The minimum atomic E-state index is -0.388. The van der Waals surface area contributed by atoms with Crippen LogP contribution in [0.15, 0.2) is 48.5 Å². The lowest BCUT2D eigenvalue weighted by Crippen LogP contribution is -2.10. The van der Waals surface area contributed by atoms with E-state index in [0.29, 0.717) is 0 Å². The zero-order valence-corrected chi connectivity index (χ0v) is 11.0. The normalized spacial score (nSPS) is 11.9. The first-order valence-electron chi connectivity index (χ1n) is 6.09. The molecule has 0 unspecified atom stereocenters. The Bertz CT molecular complexity index is 576. The second kappa shape index (κ2) is 5.57. The van der Waals surface area contributed by atoms with Gasteiger partial charge in [-0.05, 0) is 24.1 Å². The van der Waals surface area contributed by atoms with Gasteiger partial charge in [-0.2, -0.15) is 0 Å². The van der Waals surface area contributed by atoms with Crippen molar-refractivity contribution < 1.29 is 14.6 Å². The second-order valence-electron chi connectivity index (χ2n) is 4.39. The van der Waals surface area contributed by atoms with Crippen molar-refractivity contribution in [3.8, 4) is 16.9 Å². The second-order valence-corrected chi connectivity index (χ2v) is 4.39. The highest BCUT2D eigenvalue weighted by molar-refractivity contribution is 5.79. The number of hydrogen-bond acceptors (Lipinski definition) is 3. The lowest BCUT2D eigenvalue weighted by atomic mass is 9.96. The van der Waals surface area contributed by atoms with E-state index >= 15 is 0 Å². The highest BCUT2D eigenvalue weighted by atomic mass is 16.5. The number of carbonyl (C=O) groups is 1. The summed E-state index contributed by atoms with van der Waals surface area (Å²) in [4.78, 5) is 11.5. The molecule has 0 spiro atoms. The molecule has 2 rings (SSSR count). The third-order valence-electron chi connectivity index (χ3n) is 3.16. The van der Waals surface area contributed by atoms with E-state index in [2.05, 4.69) is 0 Å². The maximum Gasteiger partial charge on any atom is 0.312 e. The van der Waals surface area contributed by atoms with Gasteiger partial charge in [0.25, 0.3) is 0 Å². The summed E-state index contributed by atoms with van der Waals surface area (Å²) in [5.74, 6) is -0.535. The molecule has 0 aromatic heterocycles. The number of ether oxygens (including phenoxy) is 1. The molecule has 0 aliphatic heterocycles. The van der Waals surface area contributed by atoms with Crippen LogP contribution < -0.4 is 0 Å². The van der Waals surface area contributed by atoms with Crippen molar-refractivity contribution in [2.45, 2.75) is 12.8 Å². The molecule has 2 aromatic carbocycles. The predicted molar refractivity (Wildman–Crippen MR) is 74.0 cm³/mol. The molecule has 3 nitrogen and oxygen atoms in total. The molecule has 0 saturated carbocycles. The molecule has 0 amide bonds. The number of phenols is 1. The molecule has 98 valence electrons. The van der Waals surface area contributed by atoms with E-state index in [9.17, 15) is 9.90 Å². The van der Waals surface area contributed by atoms with Crippen molar-refractivity contribution in [1.82, 2.24) is 0 Å². The summed E-state index contributed by atoms with van der Waals surface area (Å²) in [7, 11) is 1.36. The topological polar surface area (TPSA) is 46.5 Å². The zero-order chi connectivity index (χ0) is 13.8. The Morgan fingerprint density at radius 3 is 2.42 bits per heavy atom. The lowest BCUT2D eigenvalue weighted by molar-refractivity contribution is -0.141. The first kappa shape index (κ1) is 13.1. The minimum absolute atomic E-state index is 0.166. The van der Waals surface area contributed by atoms with Crippen LogP contribution in [0.5, 0.6) is 5.75 Å². The number of aromatic hydroxyl groups is 1. The molecule has 0 saturated heterocycles. The number of methoxy groups -OCH3 is 1. The fraction of sp³-hybridized carbons (Fsp3) is 0.188. The number of esters is 1. The Labute approximate surface area is 112 Å². The molecule has 2 aromatic rings. The van der Waals surface area contributed by atoms with Crippen LogP contribution in [-0.2, 0) is 9.53 Å². The van der Waals surface area contributed by atoms with Crippen LogP contribution in [0.25, 0.3) is 11.1 Å². The van der Waals surface area contributed by atoms with Crippen molar-refractivity contribution in [3.63, 3.8) is 0 Å². The summed E-state index contributed by atoms with van der Waals surface area (Å²) in [5, 5.41) is 10.1. The average Bonchev–Trinajstić information content (AvgIpc) is 2.46. The van der Waals surface area contributed by atoms with Crippen molar-refractivity contribution >= 4 is 5.97 Å². The lowest BCUT2D eigenvalue weighted by Gasteiger charge is -2.12. The summed E-state index contributed by atoms with van der Waals surface area (Å²) in [6, 6.07) is 14.9. The molecule has 1 N–H and O–H groups in total. The number of phenolic OH excluding ortho intramolecular Hbond substituents is 1. The number of carbonyl (C=O) groups excluding carboxylic acids is 1. The molecule has 0 bridgehead atoms. The van der Waals surface area contributed by atoms with Gasteiger partial charge >= 0.3 is 5.97 Å². The van der Waals surface area contributed by atoms with Gasteiger partial charge in [0.05, 0.1) is 13.0 Å². The smallest absolute Gasteiger partial charge is 0.312 e. The number of benzene rings is 2. The number of hydrogen-bond donors (Lipinski definition) is 1. The van der Waals surface area contributed by atoms with E-state index in [4.69, 9.17) is 4.74 Å². The van der Waals surface area contributed by atoms with E-state index in [1.54, 1.807) is 13.0 Å². The predicted octanol–water partition coefficient (Wildman–Crippen LogP) is 3.34. The quantitative estimate of drug-likeness (QED) is 0.857. The molecule has 0 fully saturated rings. The van der Waals surface area contributed by atoms with Crippen molar-refractivity contribution in [1.29, 1.82) is 0 Å². The summed E-state index contributed by atoms with van der Waals surface area (Å²) >= 11 is 0. The molecule has 1 atom stereocenters. The van der Waals surface area contributed by atoms with Crippen LogP contribution >= 0.6 is 0 Å². The van der Waals surface area contributed by atoms with Crippen LogP contribution in [0.3, 0.4) is 0 Å².